The lowest BCUT2D eigenvalue weighted by molar-refractivity contribution is 0.644. The van der Waals surface area contributed by atoms with Gasteiger partial charge >= 0.3 is 0 Å². The Hall–Kier alpha value is -1.18. The zero-order valence-corrected chi connectivity index (χ0v) is 12.7. The zero-order chi connectivity index (χ0) is 13.9. The van der Waals surface area contributed by atoms with Crippen LogP contribution in [-0.4, -0.2) is 0 Å². The first-order valence-electron chi connectivity index (χ1n) is 7.03. The molecular formula is C17H17Cl2N. The lowest BCUT2D eigenvalue weighted by Crippen LogP contribution is -2.11. The van der Waals surface area contributed by atoms with Crippen molar-refractivity contribution >= 4 is 28.9 Å². The van der Waals surface area contributed by atoms with E-state index in [1.165, 1.54) is 30.4 Å². The monoisotopic (exact) mass is 305 g/mol. The maximum absolute atomic E-state index is 6.27. The molecule has 0 spiro atoms. The van der Waals surface area contributed by atoms with Gasteiger partial charge in [-0.25, -0.2) is 0 Å². The van der Waals surface area contributed by atoms with E-state index in [0.29, 0.717) is 16.1 Å². The Morgan fingerprint density at radius 1 is 1.00 bits per heavy atom. The van der Waals surface area contributed by atoms with E-state index in [1.807, 2.05) is 12.1 Å². The minimum Gasteiger partial charge on any atom is -0.377 e. The molecule has 1 aliphatic rings. The first kappa shape index (κ1) is 13.8. The molecule has 2 aromatic carbocycles. The third kappa shape index (κ3) is 2.94. The highest BCUT2D eigenvalue weighted by Gasteiger charge is 2.18. The third-order valence-electron chi connectivity index (χ3n) is 3.88. The predicted molar refractivity (Wildman–Crippen MR) is 86.8 cm³/mol. The fourth-order valence-corrected chi connectivity index (χ4v) is 3.33. The van der Waals surface area contributed by atoms with Gasteiger partial charge in [0.05, 0.1) is 16.8 Å². The molecule has 1 N–H and O–H groups in total. The van der Waals surface area contributed by atoms with Crippen molar-refractivity contribution in [1.82, 2.24) is 0 Å². The van der Waals surface area contributed by atoms with Crippen LogP contribution in [0.15, 0.2) is 42.5 Å². The van der Waals surface area contributed by atoms with Crippen LogP contribution in [0.3, 0.4) is 0 Å². The normalized spacial score (nSPS) is 18.2. The lowest BCUT2D eigenvalue weighted by Gasteiger charge is -2.21. The van der Waals surface area contributed by atoms with Crippen molar-refractivity contribution in [3.8, 4) is 0 Å². The largest absolute Gasteiger partial charge is 0.377 e. The summed E-state index contributed by atoms with van der Waals surface area (Å²) in [6, 6.07) is 14.6. The van der Waals surface area contributed by atoms with Gasteiger partial charge < -0.3 is 5.32 Å². The summed E-state index contributed by atoms with van der Waals surface area (Å²) in [5.41, 5.74) is 3.81. The number of aryl methyl sites for hydroxylation is 1. The summed E-state index contributed by atoms with van der Waals surface area (Å²) in [5, 5.41) is 4.93. The molecule has 0 saturated carbocycles. The summed E-state index contributed by atoms with van der Waals surface area (Å²) in [6.45, 7) is 0. The van der Waals surface area contributed by atoms with E-state index in [1.54, 1.807) is 6.07 Å². The quantitative estimate of drug-likeness (QED) is 0.684. The van der Waals surface area contributed by atoms with Gasteiger partial charge in [-0.2, -0.15) is 0 Å². The molecule has 3 rings (SSSR count). The van der Waals surface area contributed by atoms with Crippen LogP contribution >= 0.6 is 23.2 Å². The van der Waals surface area contributed by atoms with Gasteiger partial charge in [0.2, 0.25) is 0 Å². The molecule has 104 valence electrons. The van der Waals surface area contributed by atoms with E-state index in [9.17, 15) is 0 Å². The Morgan fingerprint density at radius 3 is 2.70 bits per heavy atom. The Morgan fingerprint density at radius 2 is 1.85 bits per heavy atom. The molecule has 0 aliphatic heterocycles. The number of halogens is 2. The van der Waals surface area contributed by atoms with Crippen molar-refractivity contribution in [2.75, 3.05) is 5.32 Å². The second kappa shape index (κ2) is 6.07. The first-order valence-corrected chi connectivity index (χ1v) is 7.79. The highest BCUT2D eigenvalue weighted by Crippen LogP contribution is 2.34. The number of hydrogen-bond donors (Lipinski definition) is 1. The Balaban J connectivity index is 1.90. The van der Waals surface area contributed by atoms with E-state index in [-0.39, 0.29) is 0 Å². The van der Waals surface area contributed by atoms with Crippen LogP contribution < -0.4 is 5.32 Å². The molecule has 1 atom stereocenters. The average molecular weight is 306 g/mol. The van der Waals surface area contributed by atoms with E-state index >= 15 is 0 Å². The summed E-state index contributed by atoms with van der Waals surface area (Å²) in [5.74, 6) is 0. The van der Waals surface area contributed by atoms with Gasteiger partial charge in [-0.1, -0.05) is 53.9 Å². The smallest absolute Gasteiger partial charge is 0.0652 e. The van der Waals surface area contributed by atoms with Crippen LogP contribution in [0.1, 0.15) is 36.4 Å². The molecule has 1 unspecified atom stereocenters. The van der Waals surface area contributed by atoms with E-state index in [2.05, 4.69) is 29.6 Å². The van der Waals surface area contributed by atoms with Crippen molar-refractivity contribution < 1.29 is 0 Å². The standard InChI is InChI=1S/C17H17Cl2N/c18-13-9-10-17(15(19)11-13)20-16-8-4-2-6-12-5-1-3-7-14(12)16/h1,3,5,7,9-11,16,20H,2,4,6,8H2. The SMILES string of the molecule is Clc1ccc(NC2CCCCc3ccccc32)c(Cl)c1. The first-order chi connectivity index (χ1) is 9.74. The summed E-state index contributed by atoms with van der Waals surface area (Å²) in [6.07, 6.45) is 4.79. The van der Waals surface area contributed by atoms with Crippen molar-refractivity contribution in [1.29, 1.82) is 0 Å². The second-order valence-corrected chi connectivity index (χ2v) is 6.11. The molecule has 20 heavy (non-hydrogen) atoms. The van der Waals surface area contributed by atoms with Gasteiger partial charge in [-0.3, -0.25) is 0 Å². The maximum Gasteiger partial charge on any atom is 0.0652 e. The lowest BCUT2D eigenvalue weighted by atomic mass is 9.99. The molecule has 0 amide bonds. The molecule has 1 aliphatic carbocycles. The van der Waals surface area contributed by atoms with Gasteiger partial charge in [0.15, 0.2) is 0 Å². The summed E-state index contributed by atoms with van der Waals surface area (Å²) in [4.78, 5) is 0. The molecule has 0 bridgehead atoms. The van der Waals surface area contributed by atoms with Crippen molar-refractivity contribution in [3.05, 3.63) is 63.6 Å². The predicted octanol–water partition coefficient (Wildman–Crippen LogP) is 5.87. The number of anilines is 1. The van der Waals surface area contributed by atoms with Crippen LogP contribution in [0.4, 0.5) is 5.69 Å². The topological polar surface area (TPSA) is 12.0 Å². The van der Waals surface area contributed by atoms with Gasteiger partial charge in [0, 0.05) is 5.02 Å². The van der Waals surface area contributed by atoms with E-state index in [4.69, 9.17) is 23.2 Å². The fraction of sp³-hybridized carbons (Fsp3) is 0.294. The Labute approximate surface area is 129 Å². The van der Waals surface area contributed by atoms with Gasteiger partial charge in [-0.15, -0.1) is 0 Å². The van der Waals surface area contributed by atoms with Crippen LogP contribution in [-0.2, 0) is 6.42 Å². The highest BCUT2D eigenvalue weighted by molar-refractivity contribution is 6.36. The molecule has 1 nitrogen and oxygen atoms in total. The Kier molecular flexibility index (Phi) is 4.18. The average Bonchev–Trinajstić information content (AvgIpc) is 2.65. The number of hydrogen-bond acceptors (Lipinski definition) is 1. The third-order valence-corrected chi connectivity index (χ3v) is 4.43. The molecule has 0 saturated heterocycles. The number of nitrogens with one attached hydrogen (secondary N) is 1. The van der Waals surface area contributed by atoms with E-state index in [0.717, 1.165) is 12.1 Å². The van der Waals surface area contributed by atoms with Crippen molar-refractivity contribution in [2.24, 2.45) is 0 Å². The van der Waals surface area contributed by atoms with Gasteiger partial charge in [0.1, 0.15) is 0 Å². The van der Waals surface area contributed by atoms with Crippen LogP contribution in [0.5, 0.6) is 0 Å². The van der Waals surface area contributed by atoms with E-state index < -0.39 is 0 Å². The minimum absolute atomic E-state index is 0.326. The van der Waals surface area contributed by atoms with Gasteiger partial charge in [-0.05, 0) is 48.6 Å². The minimum atomic E-state index is 0.326. The molecule has 2 aromatic rings. The summed E-state index contributed by atoms with van der Waals surface area (Å²) < 4.78 is 0. The van der Waals surface area contributed by atoms with Gasteiger partial charge in [0.25, 0.3) is 0 Å². The fourth-order valence-electron chi connectivity index (χ4n) is 2.87. The van der Waals surface area contributed by atoms with Crippen molar-refractivity contribution in [3.63, 3.8) is 0 Å². The van der Waals surface area contributed by atoms with Crippen LogP contribution in [0.25, 0.3) is 0 Å². The number of fused-ring (bicyclic) bond motifs is 1. The molecule has 0 aromatic heterocycles. The molecular weight excluding hydrogens is 289 g/mol. The van der Waals surface area contributed by atoms with Crippen LogP contribution in [0, 0.1) is 0 Å². The number of rotatable bonds is 2. The maximum atomic E-state index is 6.27. The molecule has 3 heteroatoms. The summed E-state index contributed by atoms with van der Waals surface area (Å²) >= 11 is 12.2. The Bertz CT molecular complexity index is 610. The zero-order valence-electron chi connectivity index (χ0n) is 11.2. The van der Waals surface area contributed by atoms with Crippen molar-refractivity contribution in [2.45, 2.75) is 31.7 Å². The highest BCUT2D eigenvalue weighted by atomic mass is 35.5. The molecule has 0 heterocycles. The molecule has 0 radical (unpaired) electrons. The second-order valence-electron chi connectivity index (χ2n) is 5.27. The summed E-state index contributed by atoms with van der Waals surface area (Å²) in [7, 11) is 0. The van der Waals surface area contributed by atoms with Crippen LogP contribution in [0.2, 0.25) is 10.0 Å². The molecule has 0 fully saturated rings. The number of benzene rings is 2.